The summed E-state index contributed by atoms with van der Waals surface area (Å²) < 4.78 is 2.09. The molecule has 1 rings (SSSR count). The zero-order chi connectivity index (χ0) is 10.7. The smallest absolute Gasteiger partial charge is 0.131 e. The highest BCUT2D eigenvalue weighted by atomic mass is 16.1. The molecular formula is C11H18N2O. The number of hydrogen-bond acceptors (Lipinski definition) is 2. The van der Waals surface area contributed by atoms with Gasteiger partial charge in [-0.2, -0.15) is 0 Å². The molecule has 0 bridgehead atoms. The summed E-state index contributed by atoms with van der Waals surface area (Å²) in [5, 5.41) is 0. The molecule has 0 aliphatic rings. The molecule has 1 unspecified atom stereocenters. The number of ketones is 1. The number of carbonyl (C=O) groups excluding carboxylic acids is 1. The number of Topliss-reactive ketones (excluding diaryl/α,β-unsaturated/α-hetero) is 1. The fourth-order valence-corrected chi connectivity index (χ4v) is 1.66. The van der Waals surface area contributed by atoms with Crippen LogP contribution in [0.15, 0.2) is 12.4 Å². The lowest BCUT2D eigenvalue weighted by molar-refractivity contribution is -0.117. The van der Waals surface area contributed by atoms with E-state index in [2.05, 4.69) is 30.3 Å². The maximum atomic E-state index is 11.0. The molecule has 1 aromatic rings. The number of nitrogens with zero attached hydrogens (tertiary/aromatic N) is 2. The second-order valence-corrected chi connectivity index (χ2v) is 4.10. The molecule has 0 N–H and O–H groups in total. The normalized spacial score (nSPS) is 13.2. The van der Waals surface area contributed by atoms with Gasteiger partial charge in [-0.3, -0.25) is 4.79 Å². The molecular weight excluding hydrogens is 176 g/mol. The highest BCUT2D eigenvalue weighted by Crippen LogP contribution is 2.19. The Labute approximate surface area is 85.2 Å². The van der Waals surface area contributed by atoms with Gasteiger partial charge in [0.25, 0.3) is 0 Å². The lowest BCUT2D eigenvalue weighted by Crippen LogP contribution is -2.12. The maximum Gasteiger partial charge on any atom is 0.131 e. The molecule has 0 aliphatic heterocycles. The van der Waals surface area contributed by atoms with Gasteiger partial charge in [0.2, 0.25) is 0 Å². The highest BCUT2D eigenvalue weighted by molar-refractivity contribution is 5.75. The van der Waals surface area contributed by atoms with Crippen molar-refractivity contribution in [2.45, 2.75) is 46.1 Å². The van der Waals surface area contributed by atoms with E-state index in [-0.39, 0.29) is 11.8 Å². The molecule has 0 amide bonds. The fourth-order valence-electron chi connectivity index (χ4n) is 1.66. The first kappa shape index (κ1) is 11.0. The predicted molar refractivity (Wildman–Crippen MR) is 56.3 cm³/mol. The summed E-state index contributed by atoms with van der Waals surface area (Å²) in [5.41, 5.74) is 0. The van der Waals surface area contributed by atoms with E-state index in [0.717, 1.165) is 5.82 Å². The van der Waals surface area contributed by atoms with Crippen molar-refractivity contribution >= 4 is 5.78 Å². The van der Waals surface area contributed by atoms with Gasteiger partial charge in [0, 0.05) is 30.8 Å². The molecule has 14 heavy (non-hydrogen) atoms. The van der Waals surface area contributed by atoms with Gasteiger partial charge in [-0.25, -0.2) is 4.98 Å². The van der Waals surface area contributed by atoms with E-state index in [1.807, 2.05) is 6.20 Å². The monoisotopic (exact) mass is 194 g/mol. The van der Waals surface area contributed by atoms with Crippen LogP contribution in [-0.4, -0.2) is 15.3 Å². The Hall–Kier alpha value is -1.12. The summed E-state index contributed by atoms with van der Waals surface area (Å²) in [6.45, 7) is 7.90. The molecule has 0 saturated heterocycles. The van der Waals surface area contributed by atoms with Crippen LogP contribution in [0, 0.1) is 0 Å². The maximum absolute atomic E-state index is 11.0. The van der Waals surface area contributed by atoms with Crippen molar-refractivity contribution in [1.82, 2.24) is 9.55 Å². The van der Waals surface area contributed by atoms with Crippen LogP contribution in [0.2, 0.25) is 0 Å². The standard InChI is InChI=1S/C11H18N2O/c1-8(2)11-12-5-6-13(11)9(3)7-10(4)14/h5-6,8-9H,7H2,1-4H3. The average molecular weight is 194 g/mol. The van der Waals surface area contributed by atoms with Gasteiger partial charge >= 0.3 is 0 Å². The van der Waals surface area contributed by atoms with Crippen LogP contribution in [0.3, 0.4) is 0 Å². The second-order valence-electron chi connectivity index (χ2n) is 4.10. The van der Waals surface area contributed by atoms with E-state index < -0.39 is 0 Å². The van der Waals surface area contributed by atoms with Gasteiger partial charge in [-0.15, -0.1) is 0 Å². The Kier molecular flexibility index (Phi) is 3.44. The summed E-state index contributed by atoms with van der Waals surface area (Å²) in [5.74, 6) is 1.68. The Morgan fingerprint density at radius 1 is 1.50 bits per heavy atom. The minimum Gasteiger partial charge on any atom is -0.332 e. The Balaban J connectivity index is 2.83. The summed E-state index contributed by atoms with van der Waals surface area (Å²) in [7, 11) is 0. The molecule has 0 fully saturated rings. The summed E-state index contributed by atoms with van der Waals surface area (Å²) in [4.78, 5) is 15.3. The van der Waals surface area contributed by atoms with Gasteiger partial charge in [-0.1, -0.05) is 13.8 Å². The summed E-state index contributed by atoms with van der Waals surface area (Å²) in [6.07, 6.45) is 4.32. The van der Waals surface area contributed by atoms with Crippen molar-refractivity contribution in [3.05, 3.63) is 18.2 Å². The first-order valence-corrected chi connectivity index (χ1v) is 5.04. The lowest BCUT2D eigenvalue weighted by atomic mass is 10.1. The van der Waals surface area contributed by atoms with Crippen LogP contribution in [0.5, 0.6) is 0 Å². The SMILES string of the molecule is CC(=O)CC(C)n1ccnc1C(C)C. The van der Waals surface area contributed by atoms with E-state index >= 15 is 0 Å². The molecule has 3 heteroatoms. The van der Waals surface area contributed by atoms with E-state index in [1.54, 1.807) is 13.1 Å². The number of aromatic nitrogens is 2. The second kappa shape index (κ2) is 4.40. The predicted octanol–water partition coefficient (Wildman–Crippen LogP) is 2.55. The molecule has 0 aliphatic carbocycles. The van der Waals surface area contributed by atoms with Crippen LogP contribution in [0.4, 0.5) is 0 Å². The largest absolute Gasteiger partial charge is 0.332 e. The van der Waals surface area contributed by atoms with Gasteiger partial charge < -0.3 is 4.57 Å². The summed E-state index contributed by atoms with van der Waals surface area (Å²) in [6, 6.07) is 0.215. The number of hydrogen-bond donors (Lipinski definition) is 0. The van der Waals surface area contributed by atoms with E-state index in [9.17, 15) is 4.79 Å². The molecule has 0 radical (unpaired) electrons. The Bertz CT molecular complexity index is 315. The number of imidazole rings is 1. The number of carbonyl (C=O) groups is 1. The van der Waals surface area contributed by atoms with Crippen LogP contribution >= 0.6 is 0 Å². The third-order valence-corrected chi connectivity index (χ3v) is 2.27. The molecule has 1 heterocycles. The van der Waals surface area contributed by atoms with Crippen molar-refractivity contribution in [3.63, 3.8) is 0 Å². The van der Waals surface area contributed by atoms with Crippen molar-refractivity contribution in [3.8, 4) is 0 Å². The molecule has 0 spiro atoms. The van der Waals surface area contributed by atoms with Crippen LogP contribution in [-0.2, 0) is 4.79 Å². The van der Waals surface area contributed by atoms with Crippen molar-refractivity contribution in [2.75, 3.05) is 0 Å². The van der Waals surface area contributed by atoms with Crippen molar-refractivity contribution in [2.24, 2.45) is 0 Å². The molecule has 0 aromatic carbocycles. The first-order chi connectivity index (χ1) is 6.52. The van der Waals surface area contributed by atoms with Crippen molar-refractivity contribution in [1.29, 1.82) is 0 Å². The van der Waals surface area contributed by atoms with Gasteiger partial charge in [0.05, 0.1) is 0 Å². The third-order valence-electron chi connectivity index (χ3n) is 2.27. The minimum atomic E-state index is 0.215. The Morgan fingerprint density at radius 2 is 2.14 bits per heavy atom. The topological polar surface area (TPSA) is 34.9 Å². The Morgan fingerprint density at radius 3 is 2.64 bits per heavy atom. The zero-order valence-corrected chi connectivity index (χ0v) is 9.32. The highest BCUT2D eigenvalue weighted by Gasteiger charge is 2.13. The van der Waals surface area contributed by atoms with Crippen LogP contribution < -0.4 is 0 Å². The minimum absolute atomic E-state index is 0.215. The third kappa shape index (κ3) is 2.44. The molecule has 3 nitrogen and oxygen atoms in total. The quantitative estimate of drug-likeness (QED) is 0.738. The fraction of sp³-hybridized carbons (Fsp3) is 0.636. The van der Waals surface area contributed by atoms with Crippen LogP contribution in [0.1, 0.15) is 51.9 Å². The van der Waals surface area contributed by atoms with E-state index in [0.29, 0.717) is 12.3 Å². The average Bonchev–Trinajstić information content (AvgIpc) is 2.49. The number of rotatable bonds is 4. The van der Waals surface area contributed by atoms with E-state index in [1.165, 1.54) is 0 Å². The lowest BCUT2D eigenvalue weighted by Gasteiger charge is -2.16. The van der Waals surface area contributed by atoms with Gasteiger partial charge in [-0.05, 0) is 13.8 Å². The van der Waals surface area contributed by atoms with Gasteiger partial charge in [0.15, 0.2) is 0 Å². The van der Waals surface area contributed by atoms with Crippen molar-refractivity contribution < 1.29 is 4.79 Å². The molecule has 1 atom stereocenters. The zero-order valence-electron chi connectivity index (χ0n) is 9.32. The summed E-state index contributed by atoms with van der Waals surface area (Å²) >= 11 is 0. The van der Waals surface area contributed by atoms with Crippen LogP contribution in [0.25, 0.3) is 0 Å². The molecule has 0 saturated carbocycles. The van der Waals surface area contributed by atoms with E-state index in [4.69, 9.17) is 0 Å². The first-order valence-electron chi connectivity index (χ1n) is 5.04. The van der Waals surface area contributed by atoms with Gasteiger partial charge in [0.1, 0.15) is 11.6 Å². The molecule has 78 valence electrons. The molecule has 1 aromatic heterocycles.